The molecule has 5 nitrogen and oxygen atoms in total. The number of rotatable bonds is 2. The number of allylic oxidation sites excluding steroid dienone is 1. The summed E-state index contributed by atoms with van der Waals surface area (Å²) in [6.45, 7) is 3.44. The average molecular weight is 407 g/mol. The largest absolute Gasteiger partial charge is 0.342 e. The molecule has 0 spiro atoms. The molecule has 1 amide bonds. The molecule has 6 heteroatoms. The van der Waals surface area contributed by atoms with Gasteiger partial charge in [0.15, 0.2) is 0 Å². The van der Waals surface area contributed by atoms with Crippen molar-refractivity contribution in [1.29, 1.82) is 0 Å². The Hall–Kier alpha value is -2.76. The number of Topliss-reactive ketones (excluding diaryl/α,β-unsaturated/α-hetero) is 1. The first-order valence-corrected chi connectivity index (χ1v) is 10.8. The first kappa shape index (κ1) is 19.2. The zero-order chi connectivity index (χ0) is 20.9. The Balaban J connectivity index is 1.43. The van der Waals surface area contributed by atoms with Crippen LogP contribution in [0, 0.1) is 17.2 Å². The smallest absolute Gasteiger partial charge is 0.226 e. The molecule has 2 heterocycles. The molecule has 2 aromatic rings. The number of aromatic nitrogens is 2. The molecule has 0 N–H and O–H groups in total. The fourth-order valence-corrected chi connectivity index (χ4v) is 5.43. The predicted molar refractivity (Wildman–Crippen MR) is 111 cm³/mol. The van der Waals surface area contributed by atoms with Crippen LogP contribution in [0.25, 0.3) is 11.8 Å². The lowest BCUT2D eigenvalue weighted by molar-refractivity contribution is -0.138. The Bertz CT molecular complexity index is 1040. The molecule has 2 fully saturated rings. The number of ketones is 1. The predicted octanol–water partition coefficient (Wildman–Crippen LogP) is 3.95. The van der Waals surface area contributed by atoms with Crippen LogP contribution >= 0.6 is 0 Å². The molecule has 2 aliphatic carbocycles. The van der Waals surface area contributed by atoms with Gasteiger partial charge in [-0.1, -0.05) is 12.5 Å². The molecule has 0 radical (unpaired) electrons. The highest BCUT2D eigenvalue weighted by Crippen LogP contribution is 2.53. The highest BCUT2D eigenvalue weighted by molar-refractivity contribution is 5.84. The second kappa shape index (κ2) is 7.18. The number of likely N-dealkylation sites (tertiary alicyclic amines) is 1. The minimum absolute atomic E-state index is 0.0562. The molecular weight excluding hydrogens is 381 g/mol. The standard InChI is InChI=1S/C24H26FN3O2/c1-24-14-16-15-26-28(19-7-5-18(25)6-8-19)22(16)13-17(24)4-9-21(24)23(30)27-11-2-3-20(29)10-12-27/h5-8,13,15,21H,2-4,9-12,14H2,1H3/t21-,24+/m1/s1. The minimum Gasteiger partial charge on any atom is -0.342 e. The van der Waals surface area contributed by atoms with Crippen molar-refractivity contribution >= 4 is 17.8 Å². The Morgan fingerprint density at radius 3 is 2.77 bits per heavy atom. The van der Waals surface area contributed by atoms with Gasteiger partial charge < -0.3 is 4.90 Å². The van der Waals surface area contributed by atoms with E-state index in [1.165, 1.54) is 17.7 Å². The van der Waals surface area contributed by atoms with Crippen LogP contribution in [0.4, 0.5) is 4.39 Å². The van der Waals surface area contributed by atoms with Gasteiger partial charge in [-0.25, -0.2) is 9.07 Å². The van der Waals surface area contributed by atoms with E-state index >= 15 is 0 Å². The molecule has 156 valence electrons. The van der Waals surface area contributed by atoms with Crippen LogP contribution < -0.4 is 0 Å². The SMILES string of the molecule is C[C@]12Cc3cnn(-c4ccc(F)cc4)c3C=C1CC[C@@H]2C(=O)N1CCCC(=O)CC1. The lowest BCUT2D eigenvalue weighted by Gasteiger charge is -2.37. The van der Waals surface area contributed by atoms with Gasteiger partial charge in [-0.05, 0) is 61.6 Å². The topological polar surface area (TPSA) is 55.2 Å². The highest BCUT2D eigenvalue weighted by atomic mass is 19.1. The van der Waals surface area contributed by atoms with E-state index in [2.05, 4.69) is 18.1 Å². The van der Waals surface area contributed by atoms with Crippen LogP contribution in [0.1, 0.15) is 50.3 Å². The molecule has 1 aromatic heterocycles. The summed E-state index contributed by atoms with van der Waals surface area (Å²) < 4.78 is 15.2. The maximum Gasteiger partial charge on any atom is 0.226 e. The second-order valence-electron chi connectivity index (χ2n) is 9.02. The summed E-state index contributed by atoms with van der Waals surface area (Å²) in [5.41, 5.74) is 4.07. The number of hydrogen-bond donors (Lipinski definition) is 0. The summed E-state index contributed by atoms with van der Waals surface area (Å²) in [5, 5.41) is 4.55. The van der Waals surface area contributed by atoms with Crippen molar-refractivity contribution < 1.29 is 14.0 Å². The Morgan fingerprint density at radius 2 is 1.97 bits per heavy atom. The van der Waals surface area contributed by atoms with Crippen molar-refractivity contribution in [1.82, 2.24) is 14.7 Å². The maximum atomic E-state index is 13.4. The number of fused-ring (bicyclic) bond motifs is 2. The molecular formula is C24H26FN3O2. The Kier molecular flexibility index (Phi) is 4.60. The third-order valence-electron chi connectivity index (χ3n) is 7.19. The zero-order valence-electron chi connectivity index (χ0n) is 17.2. The van der Waals surface area contributed by atoms with E-state index in [-0.39, 0.29) is 28.8 Å². The van der Waals surface area contributed by atoms with Crippen molar-refractivity contribution in [3.63, 3.8) is 0 Å². The molecule has 1 saturated heterocycles. The number of benzene rings is 1. The fraction of sp³-hybridized carbons (Fsp3) is 0.458. The summed E-state index contributed by atoms with van der Waals surface area (Å²) in [6, 6.07) is 6.35. The van der Waals surface area contributed by atoms with Crippen molar-refractivity contribution in [2.24, 2.45) is 11.3 Å². The Morgan fingerprint density at radius 1 is 1.17 bits per heavy atom. The van der Waals surface area contributed by atoms with Crippen molar-refractivity contribution in [2.45, 2.75) is 45.4 Å². The lowest BCUT2D eigenvalue weighted by Crippen LogP contribution is -2.43. The summed E-state index contributed by atoms with van der Waals surface area (Å²) in [5.74, 6) is 0.140. The van der Waals surface area contributed by atoms with E-state index < -0.39 is 0 Å². The number of amides is 1. The molecule has 1 aromatic carbocycles. The van der Waals surface area contributed by atoms with Crippen LogP contribution in [-0.4, -0.2) is 39.5 Å². The highest BCUT2D eigenvalue weighted by Gasteiger charge is 2.49. The zero-order valence-corrected chi connectivity index (χ0v) is 17.2. The van der Waals surface area contributed by atoms with E-state index in [4.69, 9.17) is 0 Å². The van der Waals surface area contributed by atoms with Gasteiger partial charge in [0.25, 0.3) is 0 Å². The van der Waals surface area contributed by atoms with Gasteiger partial charge >= 0.3 is 0 Å². The van der Waals surface area contributed by atoms with E-state index in [0.29, 0.717) is 25.9 Å². The number of hydrogen-bond acceptors (Lipinski definition) is 3. The van der Waals surface area contributed by atoms with Crippen LogP contribution in [-0.2, 0) is 16.0 Å². The van der Waals surface area contributed by atoms with E-state index in [9.17, 15) is 14.0 Å². The Labute approximate surface area is 175 Å². The third kappa shape index (κ3) is 3.09. The molecule has 1 saturated carbocycles. The van der Waals surface area contributed by atoms with Crippen LogP contribution in [0.5, 0.6) is 0 Å². The van der Waals surface area contributed by atoms with Gasteiger partial charge in [0.1, 0.15) is 11.6 Å². The van der Waals surface area contributed by atoms with Crippen molar-refractivity contribution in [3.8, 4) is 5.69 Å². The summed E-state index contributed by atoms with van der Waals surface area (Å²) in [7, 11) is 0. The molecule has 0 unspecified atom stereocenters. The van der Waals surface area contributed by atoms with E-state index in [1.807, 2.05) is 15.8 Å². The second-order valence-corrected chi connectivity index (χ2v) is 9.02. The lowest BCUT2D eigenvalue weighted by atomic mass is 9.69. The van der Waals surface area contributed by atoms with Crippen molar-refractivity contribution in [2.75, 3.05) is 13.1 Å². The molecule has 1 aliphatic heterocycles. The molecule has 3 aliphatic rings. The van der Waals surface area contributed by atoms with E-state index in [0.717, 1.165) is 42.6 Å². The maximum absolute atomic E-state index is 13.4. The minimum atomic E-state index is -0.266. The third-order valence-corrected chi connectivity index (χ3v) is 7.19. The average Bonchev–Trinajstić information content (AvgIpc) is 3.19. The van der Waals surface area contributed by atoms with Gasteiger partial charge in [0, 0.05) is 37.3 Å². The van der Waals surface area contributed by atoms with Gasteiger partial charge in [-0.3, -0.25) is 9.59 Å². The van der Waals surface area contributed by atoms with Crippen LogP contribution in [0.3, 0.4) is 0 Å². The van der Waals surface area contributed by atoms with Gasteiger partial charge in [-0.15, -0.1) is 0 Å². The molecule has 30 heavy (non-hydrogen) atoms. The monoisotopic (exact) mass is 407 g/mol. The quantitative estimate of drug-likeness (QED) is 0.758. The summed E-state index contributed by atoms with van der Waals surface area (Å²) >= 11 is 0. The number of halogens is 1. The molecule has 0 bridgehead atoms. The van der Waals surface area contributed by atoms with Crippen LogP contribution in [0.15, 0.2) is 36.0 Å². The molecule has 2 atom stereocenters. The molecule has 5 rings (SSSR count). The fourth-order valence-electron chi connectivity index (χ4n) is 5.43. The summed E-state index contributed by atoms with van der Waals surface area (Å²) in [4.78, 5) is 27.1. The normalized spacial score (nSPS) is 26.1. The van der Waals surface area contributed by atoms with E-state index in [1.54, 1.807) is 12.1 Å². The first-order valence-electron chi connectivity index (χ1n) is 10.8. The number of nitrogens with zero attached hydrogens (tertiary/aromatic N) is 3. The first-order chi connectivity index (χ1) is 14.5. The van der Waals surface area contributed by atoms with Gasteiger partial charge in [-0.2, -0.15) is 5.10 Å². The number of carbonyl (C=O) groups excluding carboxylic acids is 2. The van der Waals surface area contributed by atoms with Crippen LogP contribution in [0.2, 0.25) is 0 Å². The van der Waals surface area contributed by atoms with Gasteiger partial charge in [0.2, 0.25) is 5.91 Å². The van der Waals surface area contributed by atoms with Gasteiger partial charge in [0.05, 0.1) is 17.6 Å². The van der Waals surface area contributed by atoms with Crippen molar-refractivity contribution in [3.05, 3.63) is 53.1 Å². The summed E-state index contributed by atoms with van der Waals surface area (Å²) in [6.07, 6.45) is 8.42. The number of carbonyl (C=O) groups is 2.